The number of rotatable bonds is 8. The number of hydrogen-bond donors (Lipinski definition) is 1. The maximum atomic E-state index is 14.3. The van der Waals surface area contributed by atoms with Crippen molar-refractivity contribution in [3.05, 3.63) is 114 Å². The van der Waals surface area contributed by atoms with Crippen LogP contribution in [0.2, 0.25) is 0 Å². The summed E-state index contributed by atoms with van der Waals surface area (Å²) in [6, 6.07) is 19.3. The molecule has 0 spiro atoms. The molecule has 5 aromatic rings. The average molecular weight is 628 g/mol. The van der Waals surface area contributed by atoms with Crippen LogP contribution in [0, 0.1) is 11.6 Å². The number of piperidine rings is 1. The molecule has 0 bridgehead atoms. The number of aromatic nitrogens is 1. The lowest BCUT2D eigenvalue weighted by Gasteiger charge is -2.31. The fourth-order valence-electron chi connectivity index (χ4n) is 5.43. The Bertz CT molecular complexity index is 1940. The van der Waals surface area contributed by atoms with Crippen molar-refractivity contribution >= 4 is 34.6 Å². The highest BCUT2D eigenvalue weighted by Gasteiger charge is 2.35. The van der Waals surface area contributed by atoms with Crippen LogP contribution >= 0.6 is 0 Å². The molecule has 6 nitrogen and oxygen atoms in total. The van der Waals surface area contributed by atoms with Gasteiger partial charge in [-0.15, -0.1) is 0 Å². The summed E-state index contributed by atoms with van der Waals surface area (Å²) in [6.07, 6.45) is 4.46. The lowest BCUT2D eigenvalue weighted by molar-refractivity contribution is -0.114. The van der Waals surface area contributed by atoms with Crippen LogP contribution in [0.1, 0.15) is 40.9 Å². The molecule has 0 aliphatic carbocycles. The summed E-state index contributed by atoms with van der Waals surface area (Å²) in [4.78, 5) is 30.9. The first-order valence-electron chi connectivity index (χ1n) is 14.8. The summed E-state index contributed by atoms with van der Waals surface area (Å²) in [7, 11) is 0. The van der Waals surface area contributed by atoms with Gasteiger partial charge in [0.25, 0.3) is 11.8 Å². The molecule has 1 fully saturated rings. The average Bonchev–Trinajstić information content (AvgIpc) is 3.47. The van der Waals surface area contributed by atoms with Crippen LogP contribution in [-0.4, -0.2) is 40.6 Å². The topological polar surface area (TPSA) is 89.4 Å². The minimum atomic E-state index is -2.75. The second-order valence-corrected chi connectivity index (χ2v) is 11.3. The molecule has 1 aliphatic rings. The monoisotopic (exact) mass is 627 g/mol. The number of amides is 1. The molecule has 234 valence electrons. The standard InChI is InChI=1S/C36H29F4N3O3/c37-31-11-7-25(20-32(31)38)30-19-26(23-3-5-24(6-4-23)35(45)43-15-13-36(39,40)14-16-43)17-27-18-29(46-34(27)30)10-9-28(44)8-1-22-2-12-33(41)42-21-22/h1-8,11-12,17-21H,9-10,13-16H2,(H2,41,42)/b8-1+. The number of furan rings is 1. The number of pyridine rings is 1. The fourth-order valence-corrected chi connectivity index (χ4v) is 5.43. The number of alkyl halides is 2. The molecular weight excluding hydrogens is 598 g/mol. The van der Waals surface area contributed by atoms with Crippen molar-refractivity contribution < 1.29 is 31.6 Å². The first-order chi connectivity index (χ1) is 22.0. The SMILES string of the molecule is Nc1ccc(/C=C/C(=O)CCc2cc3cc(-c4ccc(C(=O)N5CCC(F)(F)CC5)cc4)cc(-c4ccc(F)c(F)c4)c3o2)cn1. The van der Waals surface area contributed by atoms with Gasteiger partial charge in [-0.1, -0.05) is 18.2 Å². The number of hydrogen-bond acceptors (Lipinski definition) is 5. The fraction of sp³-hybridized carbons (Fsp3) is 0.194. The number of nitrogens with two attached hydrogens (primary N) is 1. The third-order valence-electron chi connectivity index (χ3n) is 8.03. The number of anilines is 1. The normalized spacial score (nSPS) is 14.7. The van der Waals surface area contributed by atoms with Crippen LogP contribution in [0.25, 0.3) is 39.3 Å². The van der Waals surface area contributed by atoms with Crippen molar-refractivity contribution in [2.24, 2.45) is 0 Å². The van der Waals surface area contributed by atoms with E-state index >= 15 is 0 Å². The number of aryl methyl sites for hydroxylation is 1. The Morgan fingerprint density at radius 3 is 2.33 bits per heavy atom. The smallest absolute Gasteiger partial charge is 0.253 e. The van der Waals surface area contributed by atoms with Gasteiger partial charge in [-0.3, -0.25) is 9.59 Å². The molecule has 6 rings (SSSR count). The molecule has 1 amide bonds. The quantitative estimate of drug-likeness (QED) is 0.139. The summed E-state index contributed by atoms with van der Waals surface area (Å²) in [5.74, 6) is -4.23. The molecule has 2 aromatic heterocycles. The third-order valence-corrected chi connectivity index (χ3v) is 8.03. The molecule has 0 atom stereocenters. The van der Waals surface area contributed by atoms with Crippen molar-refractivity contribution in [2.45, 2.75) is 31.6 Å². The highest BCUT2D eigenvalue weighted by molar-refractivity contribution is 5.98. The van der Waals surface area contributed by atoms with Crippen molar-refractivity contribution in [3.8, 4) is 22.3 Å². The van der Waals surface area contributed by atoms with E-state index in [0.29, 0.717) is 45.7 Å². The van der Waals surface area contributed by atoms with Gasteiger partial charge in [-0.05, 0) is 89.0 Å². The number of benzene rings is 3. The highest BCUT2D eigenvalue weighted by Crippen LogP contribution is 2.37. The Kier molecular flexibility index (Phi) is 8.44. The second kappa shape index (κ2) is 12.6. The molecule has 0 radical (unpaired) electrons. The number of nitrogen functional groups attached to an aromatic ring is 1. The zero-order chi connectivity index (χ0) is 32.4. The molecule has 0 saturated carbocycles. The van der Waals surface area contributed by atoms with Crippen LogP contribution in [-0.2, 0) is 11.2 Å². The van der Waals surface area contributed by atoms with Crippen LogP contribution < -0.4 is 5.73 Å². The Balaban J connectivity index is 1.26. The van der Waals surface area contributed by atoms with E-state index in [4.69, 9.17) is 10.2 Å². The molecule has 0 unspecified atom stereocenters. The molecule has 3 heterocycles. The minimum absolute atomic E-state index is 0.00733. The summed E-state index contributed by atoms with van der Waals surface area (Å²) < 4.78 is 61.4. The Morgan fingerprint density at radius 1 is 0.891 bits per heavy atom. The summed E-state index contributed by atoms with van der Waals surface area (Å²) in [5.41, 5.74) is 9.57. The number of nitrogens with zero attached hydrogens (tertiary/aromatic N) is 2. The van der Waals surface area contributed by atoms with E-state index in [9.17, 15) is 27.2 Å². The van der Waals surface area contributed by atoms with Crippen molar-refractivity contribution in [1.29, 1.82) is 0 Å². The van der Waals surface area contributed by atoms with E-state index in [2.05, 4.69) is 4.98 Å². The van der Waals surface area contributed by atoms with Gasteiger partial charge in [-0.25, -0.2) is 22.5 Å². The van der Waals surface area contributed by atoms with E-state index in [0.717, 1.165) is 28.8 Å². The first-order valence-corrected chi connectivity index (χ1v) is 14.8. The molecule has 3 aromatic carbocycles. The zero-order valence-electron chi connectivity index (χ0n) is 24.6. The summed E-state index contributed by atoms with van der Waals surface area (Å²) in [5, 5.41) is 0.692. The van der Waals surface area contributed by atoms with Gasteiger partial charge in [0.1, 0.15) is 17.2 Å². The zero-order valence-corrected chi connectivity index (χ0v) is 24.6. The van der Waals surface area contributed by atoms with E-state index in [1.54, 1.807) is 54.7 Å². The van der Waals surface area contributed by atoms with Crippen LogP contribution in [0.5, 0.6) is 0 Å². The minimum Gasteiger partial charge on any atom is -0.460 e. The highest BCUT2D eigenvalue weighted by atomic mass is 19.3. The van der Waals surface area contributed by atoms with Gasteiger partial charge in [-0.2, -0.15) is 0 Å². The summed E-state index contributed by atoms with van der Waals surface area (Å²) in [6.45, 7) is -0.0147. The van der Waals surface area contributed by atoms with Gasteiger partial charge in [0.2, 0.25) is 0 Å². The maximum absolute atomic E-state index is 14.3. The first kappa shape index (κ1) is 30.8. The summed E-state index contributed by atoms with van der Waals surface area (Å²) >= 11 is 0. The number of allylic oxidation sites excluding steroid dienone is 1. The molecular formula is C36H29F4N3O3. The van der Waals surface area contributed by atoms with E-state index < -0.39 is 17.6 Å². The van der Waals surface area contributed by atoms with Crippen LogP contribution in [0.4, 0.5) is 23.4 Å². The van der Waals surface area contributed by atoms with E-state index in [-0.39, 0.29) is 44.0 Å². The molecule has 1 aliphatic heterocycles. The molecule has 2 N–H and O–H groups in total. The third kappa shape index (κ3) is 6.86. The number of ketones is 1. The van der Waals surface area contributed by atoms with Crippen molar-refractivity contribution in [2.75, 3.05) is 18.8 Å². The van der Waals surface area contributed by atoms with Crippen molar-refractivity contribution in [1.82, 2.24) is 9.88 Å². The van der Waals surface area contributed by atoms with Gasteiger partial charge < -0.3 is 15.1 Å². The van der Waals surface area contributed by atoms with Crippen molar-refractivity contribution in [3.63, 3.8) is 0 Å². The lowest BCUT2D eigenvalue weighted by Crippen LogP contribution is -2.42. The van der Waals surface area contributed by atoms with E-state index in [1.807, 2.05) is 12.1 Å². The predicted octanol–water partition coefficient (Wildman–Crippen LogP) is 8.11. The molecule has 10 heteroatoms. The predicted molar refractivity (Wildman–Crippen MR) is 168 cm³/mol. The number of carbonyl (C=O) groups is 2. The van der Waals surface area contributed by atoms with Gasteiger partial charge in [0.05, 0.1) is 0 Å². The number of likely N-dealkylation sites (tertiary alicyclic amines) is 1. The maximum Gasteiger partial charge on any atom is 0.253 e. The molecule has 46 heavy (non-hydrogen) atoms. The van der Waals surface area contributed by atoms with Gasteiger partial charge >= 0.3 is 0 Å². The van der Waals surface area contributed by atoms with Gasteiger partial charge in [0.15, 0.2) is 17.4 Å². The van der Waals surface area contributed by atoms with Crippen LogP contribution in [0.15, 0.2) is 89.5 Å². The Morgan fingerprint density at radius 2 is 1.63 bits per heavy atom. The number of halogens is 4. The second-order valence-electron chi connectivity index (χ2n) is 11.3. The molecule has 1 saturated heterocycles. The Labute approximate surface area is 262 Å². The van der Waals surface area contributed by atoms with E-state index in [1.165, 1.54) is 17.0 Å². The largest absolute Gasteiger partial charge is 0.460 e. The van der Waals surface area contributed by atoms with Gasteiger partial charge in [0, 0.05) is 61.5 Å². The number of fused-ring (bicyclic) bond motifs is 1. The lowest BCUT2D eigenvalue weighted by atomic mass is 9.96. The Hall–Kier alpha value is -5.25. The van der Waals surface area contributed by atoms with Crippen LogP contribution in [0.3, 0.4) is 0 Å². The number of carbonyl (C=O) groups excluding carboxylic acids is 2.